The van der Waals surface area contributed by atoms with Crippen molar-refractivity contribution in [1.82, 2.24) is 5.32 Å². The lowest BCUT2D eigenvalue weighted by Crippen LogP contribution is -2.45. The number of aryl methyl sites for hydroxylation is 1. The maximum atomic E-state index is 13.0. The second-order valence-electron chi connectivity index (χ2n) is 9.24. The molecule has 0 aliphatic carbocycles. The number of carbonyl (C=O) groups excluding carboxylic acids is 1. The zero-order valence-electron chi connectivity index (χ0n) is 19.1. The van der Waals surface area contributed by atoms with E-state index in [9.17, 15) is 13.2 Å². The number of rotatable bonds is 6. The topological polar surface area (TPSA) is 75.7 Å². The maximum Gasteiger partial charge on any atom is 0.241 e. The quantitative estimate of drug-likeness (QED) is 0.721. The van der Waals surface area contributed by atoms with E-state index in [1.165, 1.54) is 0 Å². The van der Waals surface area contributed by atoms with Crippen LogP contribution < -0.4 is 14.4 Å². The lowest BCUT2D eigenvalue weighted by molar-refractivity contribution is -0.120. The molecule has 7 heteroatoms. The van der Waals surface area contributed by atoms with Crippen LogP contribution in [-0.2, 0) is 14.8 Å². The summed E-state index contributed by atoms with van der Waals surface area (Å²) in [6.45, 7) is 9.82. The summed E-state index contributed by atoms with van der Waals surface area (Å²) in [6, 6.07) is 13.0. The highest BCUT2D eigenvalue weighted by molar-refractivity contribution is 7.92. The van der Waals surface area contributed by atoms with Gasteiger partial charge < -0.3 is 10.1 Å². The van der Waals surface area contributed by atoms with E-state index < -0.39 is 15.6 Å². The molecule has 2 aromatic carbocycles. The molecular formula is C24H32N2O4S. The molecule has 6 nitrogen and oxygen atoms in total. The number of carbonyl (C=O) groups is 1. The molecule has 1 amide bonds. The summed E-state index contributed by atoms with van der Waals surface area (Å²) in [4.78, 5) is 13.0. The van der Waals surface area contributed by atoms with E-state index in [4.69, 9.17) is 4.74 Å². The number of hydrogen-bond donors (Lipinski definition) is 1. The van der Waals surface area contributed by atoms with E-state index in [1.54, 1.807) is 12.1 Å². The fourth-order valence-corrected chi connectivity index (χ4v) is 4.76. The monoisotopic (exact) mass is 444 g/mol. The minimum atomic E-state index is -3.63. The normalized spacial score (nSPS) is 17.6. The number of nitrogens with one attached hydrogen (secondary N) is 1. The van der Waals surface area contributed by atoms with Gasteiger partial charge in [-0.1, -0.05) is 43.7 Å². The van der Waals surface area contributed by atoms with Crippen LogP contribution in [0.1, 0.15) is 62.8 Å². The number of benzene rings is 2. The van der Waals surface area contributed by atoms with E-state index in [1.807, 2.05) is 51.1 Å². The van der Waals surface area contributed by atoms with Gasteiger partial charge in [0.05, 0.1) is 18.0 Å². The fourth-order valence-electron chi connectivity index (χ4n) is 3.90. The SMILES string of the molecule is Cc1ccc2c(c1)[C@H](NC(=O)CN(c1ccc(C(C)C)cc1)S(C)(=O)=O)CC(C)(C)O2. The van der Waals surface area contributed by atoms with Crippen LogP contribution in [0.2, 0.25) is 0 Å². The number of anilines is 1. The van der Waals surface area contributed by atoms with Gasteiger partial charge in [0.2, 0.25) is 15.9 Å². The Kier molecular flexibility index (Phi) is 6.37. The molecule has 0 spiro atoms. The van der Waals surface area contributed by atoms with E-state index in [-0.39, 0.29) is 18.5 Å². The largest absolute Gasteiger partial charge is 0.487 e. The summed E-state index contributed by atoms with van der Waals surface area (Å²) in [5, 5.41) is 3.03. The first kappa shape index (κ1) is 23.1. The molecule has 1 atom stereocenters. The lowest BCUT2D eigenvalue weighted by Gasteiger charge is -2.38. The molecule has 168 valence electrons. The first-order valence-electron chi connectivity index (χ1n) is 10.5. The minimum Gasteiger partial charge on any atom is -0.487 e. The highest BCUT2D eigenvalue weighted by atomic mass is 32.2. The molecule has 2 aromatic rings. The van der Waals surface area contributed by atoms with Gasteiger partial charge >= 0.3 is 0 Å². The van der Waals surface area contributed by atoms with Crippen molar-refractivity contribution < 1.29 is 17.9 Å². The van der Waals surface area contributed by atoms with Crippen LogP contribution in [0.5, 0.6) is 5.75 Å². The van der Waals surface area contributed by atoms with Crippen molar-refractivity contribution in [1.29, 1.82) is 0 Å². The third-order valence-corrected chi connectivity index (χ3v) is 6.63. The first-order chi connectivity index (χ1) is 14.4. The fraction of sp³-hybridized carbons (Fsp3) is 0.458. The summed E-state index contributed by atoms with van der Waals surface area (Å²) >= 11 is 0. The number of ether oxygens (including phenoxy) is 1. The summed E-state index contributed by atoms with van der Waals surface area (Å²) in [7, 11) is -3.63. The Bertz CT molecular complexity index is 1060. The predicted molar refractivity (Wildman–Crippen MR) is 124 cm³/mol. The van der Waals surface area contributed by atoms with Gasteiger partial charge in [0.15, 0.2) is 0 Å². The molecule has 3 rings (SSSR count). The van der Waals surface area contributed by atoms with E-state index >= 15 is 0 Å². The number of hydrogen-bond acceptors (Lipinski definition) is 4. The molecule has 0 saturated heterocycles. The predicted octanol–water partition coefficient (Wildman–Crippen LogP) is 4.30. The summed E-state index contributed by atoms with van der Waals surface area (Å²) in [5.41, 5.74) is 3.14. The summed E-state index contributed by atoms with van der Waals surface area (Å²) in [6.07, 6.45) is 1.71. The average molecular weight is 445 g/mol. The Hall–Kier alpha value is -2.54. The van der Waals surface area contributed by atoms with Crippen LogP contribution in [-0.4, -0.2) is 32.7 Å². The third kappa shape index (κ3) is 5.58. The molecule has 0 bridgehead atoms. The third-order valence-electron chi connectivity index (χ3n) is 5.49. The van der Waals surface area contributed by atoms with Crippen molar-refractivity contribution in [3.8, 4) is 5.75 Å². The smallest absolute Gasteiger partial charge is 0.241 e. The number of fused-ring (bicyclic) bond motifs is 1. The Balaban J connectivity index is 1.83. The zero-order valence-corrected chi connectivity index (χ0v) is 19.9. The van der Waals surface area contributed by atoms with Crippen LogP contribution >= 0.6 is 0 Å². The molecule has 0 radical (unpaired) electrons. The van der Waals surface area contributed by atoms with Crippen molar-refractivity contribution in [3.05, 3.63) is 59.2 Å². The van der Waals surface area contributed by atoms with Gasteiger partial charge in [-0.15, -0.1) is 0 Å². The van der Waals surface area contributed by atoms with Crippen LogP contribution in [0.15, 0.2) is 42.5 Å². The number of amides is 1. The number of sulfonamides is 1. The van der Waals surface area contributed by atoms with Gasteiger partial charge in [-0.05, 0) is 50.5 Å². The van der Waals surface area contributed by atoms with E-state index in [2.05, 4.69) is 19.2 Å². The van der Waals surface area contributed by atoms with Gasteiger partial charge in [-0.2, -0.15) is 0 Å². The molecule has 0 aromatic heterocycles. The van der Waals surface area contributed by atoms with Gasteiger partial charge in [0.25, 0.3) is 0 Å². The molecule has 31 heavy (non-hydrogen) atoms. The summed E-state index contributed by atoms with van der Waals surface area (Å²) in [5.74, 6) is 0.731. The highest BCUT2D eigenvalue weighted by Crippen LogP contribution is 2.39. The average Bonchev–Trinajstić information content (AvgIpc) is 2.65. The van der Waals surface area contributed by atoms with Crippen LogP contribution in [0, 0.1) is 6.92 Å². The van der Waals surface area contributed by atoms with Crippen molar-refractivity contribution in [2.75, 3.05) is 17.1 Å². The standard InChI is InChI=1S/C24H32N2O4S/c1-16(2)18-8-10-19(11-9-18)26(31(6,28)29)15-23(27)25-21-14-24(4,5)30-22-12-7-17(3)13-20(21)22/h7-13,16,21H,14-15H2,1-6H3,(H,25,27)/t21-/m1/s1. The van der Waals surface area contributed by atoms with E-state index in [0.29, 0.717) is 18.0 Å². The van der Waals surface area contributed by atoms with Gasteiger partial charge in [-0.25, -0.2) is 8.42 Å². The Morgan fingerprint density at radius 1 is 1.19 bits per heavy atom. The van der Waals surface area contributed by atoms with Crippen molar-refractivity contribution in [2.45, 2.75) is 58.6 Å². The Labute approximate surface area is 185 Å². The molecule has 1 aliphatic rings. The molecular weight excluding hydrogens is 412 g/mol. The molecule has 1 heterocycles. The molecule has 1 aliphatic heterocycles. The molecule has 0 unspecified atom stereocenters. The Morgan fingerprint density at radius 3 is 2.42 bits per heavy atom. The lowest BCUT2D eigenvalue weighted by atomic mass is 9.89. The summed E-state index contributed by atoms with van der Waals surface area (Å²) < 4.78 is 32.1. The first-order valence-corrected chi connectivity index (χ1v) is 12.4. The number of nitrogens with zero attached hydrogens (tertiary/aromatic N) is 1. The minimum absolute atomic E-state index is 0.254. The van der Waals surface area contributed by atoms with Crippen molar-refractivity contribution in [3.63, 3.8) is 0 Å². The van der Waals surface area contributed by atoms with Crippen molar-refractivity contribution >= 4 is 21.6 Å². The van der Waals surface area contributed by atoms with Crippen LogP contribution in [0.4, 0.5) is 5.69 Å². The Morgan fingerprint density at radius 2 is 1.84 bits per heavy atom. The second kappa shape index (κ2) is 8.54. The van der Waals surface area contributed by atoms with Gasteiger partial charge in [-0.3, -0.25) is 9.10 Å². The van der Waals surface area contributed by atoms with Crippen LogP contribution in [0.3, 0.4) is 0 Å². The van der Waals surface area contributed by atoms with Gasteiger partial charge in [0.1, 0.15) is 17.9 Å². The zero-order chi connectivity index (χ0) is 23.0. The van der Waals surface area contributed by atoms with Crippen LogP contribution in [0.25, 0.3) is 0 Å². The van der Waals surface area contributed by atoms with Gasteiger partial charge in [0, 0.05) is 12.0 Å². The second-order valence-corrected chi connectivity index (χ2v) is 11.1. The highest BCUT2D eigenvalue weighted by Gasteiger charge is 2.35. The van der Waals surface area contributed by atoms with E-state index in [0.717, 1.165) is 33.0 Å². The maximum absolute atomic E-state index is 13.0. The van der Waals surface area contributed by atoms with Crippen molar-refractivity contribution in [2.24, 2.45) is 0 Å². The molecule has 0 fully saturated rings. The molecule has 1 N–H and O–H groups in total. The molecule has 0 saturated carbocycles.